The summed E-state index contributed by atoms with van der Waals surface area (Å²) in [5.41, 5.74) is 1.32. The van der Waals surface area contributed by atoms with Crippen LogP contribution in [0.2, 0.25) is 0 Å². The summed E-state index contributed by atoms with van der Waals surface area (Å²) in [6.45, 7) is 10.5. The van der Waals surface area contributed by atoms with Gasteiger partial charge in [-0.1, -0.05) is 19.2 Å². The summed E-state index contributed by atoms with van der Waals surface area (Å²) in [5.74, 6) is 0.154. The van der Waals surface area contributed by atoms with Gasteiger partial charge in [0.25, 0.3) is 5.56 Å². The number of rotatable bonds is 5. The molecule has 1 aliphatic carbocycles. The van der Waals surface area contributed by atoms with Gasteiger partial charge in [-0.25, -0.2) is 14.4 Å². The molecule has 2 aromatic rings. The first-order valence-electron chi connectivity index (χ1n) is 10.5. The van der Waals surface area contributed by atoms with E-state index in [0.29, 0.717) is 23.1 Å². The maximum absolute atomic E-state index is 13.7. The molecule has 0 radical (unpaired) electrons. The molecule has 0 aromatic carbocycles. The van der Waals surface area contributed by atoms with Crippen molar-refractivity contribution in [2.45, 2.75) is 31.2 Å². The van der Waals surface area contributed by atoms with Crippen LogP contribution in [0.15, 0.2) is 36.4 Å². The Morgan fingerprint density at radius 3 is 2.58 bits per heavy atom. The van der Waals surface area contributed by atoms with Gasteiger partial charge >= 0.3 is 0 Å². The smallest absolute Gasteiger partial charge is 0.258 e. The molecule has 1 saturated heterocycles. The van der Waals surface area contributed by atoms with Crippen LogP contribution in [-0.2, 0) is 0 Å². The number of hydrogen-bond acceptors (Lipinski definition) is 6. The van der Waals surface area contributed by atoms with E-state index in [4.69, 9.17) is 5.26 Å². The predicted molar refractivity (Wildman–Crippen MR) is 118 cm³/mol. The van der Waals surface area contributed by atoms with Crippen LogP contribution < -0.4 is 10.5 Å². The molecule has 0 unspecified atom stereocenters. The highest BCUT2D eigenvalue weighted by Crippen LogP contribution is 2.37. The number of pyridine rings is 1. The molecule has 0 amide bonds. The highest BCUT2D eigenvalue weighted by atomic mass is 19.1. The first-order chi connectivity index (χ1) is 15.0. The van der Waals surface area contributed by atoms with E-state index in [1.807, 2.05) is 12.1 Å². The van der Waals surface area contributed by atoms with Gasteiger partial charge in [-0.05, 0) is 30.9 Å². The third-order valence-corrected chi connectivity index (χ3v) is 6.30. The lowest BCUT2D eigenvalue weighted by Crippen LogP contribution is -2.50. The summed E-state index contributed by atoms with van der Waals surface area (Å²) >= 11 is 0. The standard InChI is InChI=1S/C23H25FN6O/c1-3-17-11-20(28-22(31)21(17)15(2)24)18-4-5-19(10-18)29-6-8-30(9-7-29)23-26-13-16(12-25)14-27-23/h3,11,13-14,18-19H,1-2,4-10H2,(H,28,31)/t18-,19+/m1/s1. The molecule has 7 nitrogen and oxygen atoms in total. The lowest BCUT2D eigenvalue weighted by molar-refractivity contribution is 0.185. The molecule has 2 aromatic heterocycles. The summed E-state index contributed by atoms with van der Waals surface area (Å²) in [6, 6.07) is 4.32. The second-order valence-electron chi connectivity index (χ2n) is 8.06. The van der Waals surface area contributed by atoms with E-state index in [1.54, 1.807) is 12.4 Å². The maximum atomic E-state index is 13.7. The molecule has 1 N–H and O–H groups in total. The Morgan fingerprint density at radius 2 is 1.97 bits per heavy atom. The van der Waals surface area contributed by atoms with Crippen LogP contribution >= 0.6 is 0 Å². The summed E-state index contributed by atoms with van der Waals surface area (Å²) in [5, 5.41) is 8.89. The molecule has 2 fully saturated rings. The first kappa shape index (κ1) is 20.9. The number of halogens is 1. The van der Waals surface area contributed by atoms with Gasteiger partial charge in [0.15, 0.2) is 0 Å². The Balaban J connectivity index is 1.39. The minimum atomic E-state index is -0.740. The second kappa shape index (κ2) is 8.82. The lowest BCUT2D eigenvalue weighted by Gasteiger charge is -2.38. The highest BCUT2D eigenvalue weighted by molar-refractivity contribution is 5.68. The largest absolute Gasteiger partial charge is 0.338 e. The van der Waals surface area contributed by atoms with Gasteiger partial charge in [-0.3, -0.25) is 9.69 Å². The van der Waals surface area contributed by atoms with Gasteiger partial charge in [0.1, 0.15) is 11.9 Å². The molecular formula is C23H25FN6O. The fourth-order valence-corrected chi connectivity index (χ4v) is 4.66. The molecular weight excluding hydrogens is 395 g/mol. The number of H-pyrrole nitrogens is 1. The molecule has 0 spiro atoms. The van der Waals surface area contributed by atoms with Crippen molar-refractivity contribution in [2.24, 2.45) is 0 Å². The molecule has 8 heteroatoms. The highest BCUT2D eigenvalue weighted by Gasteiger charge is 2.33. The maximum Gasteiger partial charge on any atom is 0.258 e. The van der Waals surface area contributed by atoms with Crippen molar-refractivity contribution >= 4 is 17.9 Å². The molecule has 3 heterocycles. The van der Waals surface area contributed by atoms with E-state index >= 15 is 0 Å². The molecule has 1 aliphatic heterocycles. The zero-order valence-electron chi connectivity index (χ0n) is 17.4. The van der Waals surface area contributed by atoms with E-state index < -0.39 is 11.4 Å². The predicted octanol–water partition coefficient (Wildman–Crippen LogP) is 3.08. The van der Waals surface area contributed by atoms with Crippen LogP contribution in [0.1, 0.15) is 47.6 Å². The van der Waals surface area contributed by atoms with E-state index in [2.05, 4.69) is 37.9 Å². The number of piperazine rings is 1. The third kappa shape index (κ3) is 4.28. The van der Waals surface area contributed by atoms with Crippen molar-refractivity contribution < 1.29 is 4.39 Å². The first-order valence-corrected chi connectivity index (χ1v) is 10.5. The topological polar surface area (TPSA) is 88.9 Å². The van der Waals surface area contributed by atoms with Gasteiger partial charge in [0.2, 0.25) is 5.95 Å². The normalized spacial score (nSPS) is 21.6. The SMILES string of the molecule is C=Cc1cc([C@@H]2CC[C@H](N3CCN(c4ncc(C#N)cn4)CC3)C2)[nH]c(=O)c1C(=C)F. The summed E-state index contributed by atoms with van der Waals surface area (Å²) in [6.07, 6.45) is 7.61. The molecule has 0 bridgehead atoms. The number of aromatic nitrogens is 3. The van der Waals surface area contributed by atoms with Crippen molar-refractivity contribution in [1.29, 1.82) is 5.26 Å². The van der Waals surface area contributed by atoms with Crippen molar-refractivity contribution in [3.05, 3.63) is 64.4 Å². The third-order valence-electron chi connectivity index (χ3n) is 6.30. The number of nitriles is 1. The Labute approximate surface area is 180 Å². The van der Waals surface area contributed by atoms with Crippen molar-refractivity contribution in [1.82, 2.24) is 19.9 Å². The Morgan fingerprint density at radius 1 is 1.26 bits per heavy atom. The van der Waals surface area contributed by atoms with Gasteiger partial charge in [-0.15, -0.1) is 0 Å². The molecule has 160 valence electrons. The molecule has 31 heavy (non-hydrogen) atoms. The number of hydrogen-bond donors (Lipinski definition) is 1. The lowest BCUT2D eigenvalue weighted by atomic mass is 9.98. The number of anilines is 1. The van der Waals surface area contributed by atoms with E-state index in [0.717, 1.165) is 51.1 Å². The average Bonchev–Trinajstić information content (AvgIpc) is 3.29. The van der Waals surface area contributed by atoms with Crippen LogP contribution in [0.25, 0.3) is 11.9 Å². The van der Waals surface area contributed by atoms with Crippen molar-refractivity contribution in [3.8, 4) is 6.07 Å². The minimum Gasteiger partial charge on any atom is -0.338 e. The fraction of sp³-hybridized carbons (Fsp3) is 0.391. The van der Waals surface area contributed by atoms with Gasteiger partial charge in [-0.2, -0.15) is 5.26 Å². The summed E-state index contributed by atoms with van der Waals surface area (Å²) in [7, 11) is 0. The van der Waals surface area contributed by atoms with Crippen LogP contribution in [0, 0.1) is 11.3 Å². The average molecular weight is 420 g/mol. The molecule has 4 rings (SSSR count). The zero-order valence-corrected chi connectivity index (χ0v) is 17.4. The monoisotopic (exact) mass is 420 g/mol. The second-order valence-corrected chi connectivity index (χ2v) is 8.06. The molecule has 2 atom stereocenters. The van der Waals surface area contributed by atoms with Crippen LogP contribution in [-0.4, -0.2) is 52.1 Å². The fourth-order valence-electron chi connectivity index (χ4n) is 4.66. The number of nitrogens with zero attached hydrogens (tertiary/aromatic N) is 5. The summed E-state index contributed by atoms with van der Waals surface area (Å²) in [4.78, 5) is 28.4. The van der Waals surface area contributed by atoms with Gasteiger partial charge in [0, 0.05) is 43.8 Å². The van der Waals surface area contributed by atoms with Crippen molar-refractivity contribution in [2.75, 3.05) is 31.1 Å². The Kier molecular flexibility index (Phi) is 5.96. The van der Waals surface area contributed by atoms with E-state index in [1.165, 1.54) is 6.08 Å². The van der Waals surface area contributed by atoms with Gasteiger partial charge < -0.3 is 9.88 Å². The van der Waals surface area contributed by atoms with E-state index in [9.17, 15) is 9.18 Å². The van der Waals surface area contributed by atoms with Crippen molar-refractivity contribution in [3.63, 3.8) is 0 Å². The van der Waals surface area contributed by atoms with Crippen LogP contribution in [0.5, 0.6) is 0 Å². The molecule has 2 aliphatic rings. The van der Waals surface area contributed by atoms with E-state index in [-0.39, 0.29) is 11.5 Å². The molecule has 1 saturated carbocycles. The number of aromatic amines is 1. The Bertz CT molecular complexity index is 1080. The zero-order chi connectivity index (χ0) is 22.0. The van der Waals surface area contributed by atoms with Gasteiger partial charge in [0.05, 0.1) is 23.5 Å². The number of nitrogens with one attached hydrogen (secondary N) is 1. The quantitative estimate of drug-likeness (QED) is 0.800. The Hall–Kier alpha value is -3.31. The van der Waals surface area contributed by atoms with Crippen LogP contribution in [0.4, 0.5) is 10.3 Å². The van der Waals surface area contributed by atoms with Crippen LogP contribution in [0.3, 0.4) is 0 Å². The minimum absolute atomic E-state index is 0.0329. The summed E-state index contributed by atoms with van der Waals surface area (Å²) < 4.78 is 13.7.